The van der Waals surface area contributed by atoms with Crippen molar-refractivity contribution in [3.8, 4) is 5.75 Å². The van der Waals surface area contributed by atoms with Gasteiger partial charge in [-0.15, -0.1) is 0 Å². The fraction of sp³-hybridized carbons (Fsp3) is 0.357. The van der Waals surface area contributed by atoms with Gasteiger partial charge >= 0.3 is 11.9 Å². The molecule has 0 amide bonds. The molecule has 2 aromatic carbocycles. The first kappa shape index (κ1) is 24.5. The second-order valence-corrected chi connectivity index (χ2v) is 9.08. The van der Waals surface area contributed by atoms with E-state index < -0.39 is 29.7 Å². The molecule has 2 aliphatic heterocycles. The van der Waals surface area contributed by atoms with Crippen LogP contribution in [0.2, 0.25) is 0 Å². The van der Waals surface area contributed by atoms with Crippen LogP contribution in [0.1, 0.15) is 19.4 Å². The van der Waals surface area contributed by atoms with Crippen molar-refractivity contribution < 1.29 is 28.5 Å². The Morgan fingerprint density at radius 3 is 2.31 bits per heavy atom. The van der Waals surface area contributed by atoms with Crippen molar-refractivity contribution in [2.45, 2.75) is 38.0 Å². The fourth-order valence-corrected chi connectivity index (χ4v) is 4.51. The molecule has 2 aliphatic rings. The van der Waals surface area contributed by atoms with Crippen LogP contribution in [0.25, 0.3) is 0 Å². The average Bonchev–Trinajstić information content (AvgIpc) is 3.46. The monoisotopic (exact) mass is 477 g/mol. The molecule has 4 rings (SSSR count). The van der Waals surface area contributed by atoms with Crippen LogP contribution < -0.4 is 10.1 Å². The van der Waals surface area contributed by atoms with Gasteiger partial charge < -0.3 is 24.3 Å². The van der Waals surface area contributed by atoms with Crippen molar-refractivity contribution >= 4 is 17.6 Å². The van der Waals surface area contributed by atoms with Crippen LogP contribution in [0.3, 0.4) is 0 Å². The van der Waals surface area contributed by atoms with E-state index in [1.807, 2.05) is 60.7 Å². The van der Waals surface area contributed by atoms with Gasteiger partial charge in [0.25, 0.3) is 0 Å². The molecule has 3 unspecified atom stereocenters. The number of fused-ring (bicyclic) bond motifs is 2. The second-order valence-electron chi connectivity index (χ2n) is 9.08. The minimum Gasteiger partial charge on any atom is -0.493 e. The van der Waals surface area contributed by atoms with Gasteiger partial charge in [-0.05, 0) is 48.2 Å². The van der Waals surface area contributed by atoms with E-state index in [4.69, 9.17) is 18.9 Å². The van der Waals surface area contributed by atoms with Crippen LogP contribution in [0.4, 0.5) is 5.69 Å². The molecule has 0 fully saturated rings. The molecule has 0 saturated carbocycles. The summed E-state index contributed by atoms with van der Waals surface area (Å²) in [4.78, 5) is 25.6. The van der Waals surface area contributed by atoms with E-state index in [1.165, 1.54) is 14.2 Å². The Kier molecular flexibility index (Phi) is 7.26. The van der Waals surface area contributed by atoms with Gasteiger partial charge in [-0.3, -0.25) is 0 Å². The average molecular weight is 478 g/mol. The SMILES string of the molecule is COC(=O)C1=C(C(=O)OC)C2(C(Cc3ccc(OCC(C)C)cc3)Nc3ccccc3)C=CC1O2. The Morgan fingerprint density at radius 1 is 1.00 bits per heavy atom. The predicted octanol–water partition coefficient (Wildman–Crippen LogP) is 4.09. The summed E-state index contributed by atoms with van der Waals surface area (Å²) in [5.74, 6) is 0.0120. The molecule has 0 radical (unpaired) electrons. The molecule has 7 heteroatoms. The van der Waals surface area contributed by atoms with Crippen molar-refractivity contribution in [3.63, 3.8) is 0 Å². The molecule has 1 N–H and O–H groups in total. The third kappa shape index (κ3) is 4.95. The van der Waals surface area contributed by atoms with E-state index in [2.05, 4.69) is 19.2 Å². The minimum atomic E-state index is -1.20. The van der Waals surface area contributed by atoms with Crippen molar-refractivity contribution in [2.75, 3.05) is 26.1 Å². The molecule has 35 heavy (non-hydrogen) atoms. The molecule has 0 saturated heterocycles. The zero-order chi connectivity index (χ0) is 25.0. The molecular weight excluding hydrogens is 446 g/mol. The van der Waals surface area contributed by atoms with Crippen LogP contribution in [0.15, 0.2) is 77.9 Å². The lowest BCUT2D eigenvalue weighted by atomic mass is 9.79. The topological polar surface area (TPSA) is 83.1 Å². The summed E-state index contributed by atoms with van der Waals surface area (Å²) in [5.41, 5.74) is 1.02. The number of ether oxygens (including phenoxy) is 4. The van der Waals surface area contributed by atoms with Gasteiger partial charge in [-0.2, -0.15) is 0 Å². The smallest absolute Gasteiger partial charge is 0.337 e. The highest BCUT2D eigenvalue weighted by atomic mass is 16.6. The highest BCUT2D eigenvalue weighted by Crippen LogP contribution is 2.47. The first-order valence-electron chi connectivity index (χ1n) is 11.7. The van der Waals surface area contributed by atoms with Gasteiger partial charge in [0.2, 0.25) is 0 Å². The van der Waals surface area contributed by atoms with Crippen LogP contribution in [-0.4, -0.2) is 50.5 Å². The molecule has 0 aliphatic carbocycles. The van der Waals surface area contributed by atoms with Gasteiger partial charge in [-0.1, -0.05) is 50.3 Å². The van der Waals surface area contributed by atoms with Crippen LogP contribution in [0, 0.1) is 5.92 Å². The number of carbonyl (C=O) groups is 2. The van der Waals surface area contributed by atoms with E-state index in [0.29, 0.717) is 18.9 Å². The number of hydrogen-bond acceptors (Lipinski definition) is 7. The summed E-state index contributed by atoms with van der Waals surface area (Å²) in [6.45, 7) is 4.85. The third-order valence-electron chi connectivity index (χ3n) is 6.16. The van der Waals surface area contributed by atoms with E-state index >= 15 is 0 Å². The van der Waals surface area contributed by atoms with E-state index in [9.17, 15) is 9.59 Å². The Morgan fingerprint density at radius 2 is 1.69 bits per heavy atom. The highest BCUT2D eigenvalue weighted by molar-refractivity contribution is 6.05. The summed E-state index contributed by atoms with van der Waals surface area (Å²) in [6.07, 6.45) is 3.47. The van der Waals surface area contributed by atoms with Crippen LogP contribution in [0.5, 0.6) is 5.75 Å². The Balaban J connectivity index is 1.71. The molecule has 0 aromatic heterocycles. The lowest BCUT2D eigenvalue weighted by molar-refractivity contribution is -0.139. The standard InChI is InChI=1S/C28H31NO6/c1-18(2)17-34-21-12-10-19(11-13-21)16-23(29-20-8-6-5-7-9-20)28-15-14-22(35-28)24(26(30)32-3)25(28)27(31)33-4/h5-15,18,22-23,29H,16-17H2,1-4H3. The first-order chi connectivity index (χ1) is 16.9. The number of rotatable bonds is 10. The number of benzene rings is 2. The summed E-state index contributed by atoms with van der Waals surface area (Å²) in [7, 11) is 2.58. The van der Waals surface area contributed by atoms with Gasteiger partial charge in [0.15, 0.2) is 0 Å². The molecule has 7 nitrogen and oxygen atoms in total. The van der Waals surface area contributed by atoms with Gasteiger partial charge in [-0.25, -0.2) is 9.59 Å². The van der Waals surface area contributed by atoms with Gasteiger partial charge in [0.05, 0.1) is 38.0 Å². The van der Waals surface area contributed by atoms with Gasteiger partial charge in [0.1, 0.15) is 17.5 Å². The zero-order valence-corrected chi connectivity index (χ0v) is 20.4. The van der Waals surface area contributed by atoms with E-state index in [0.717, 1.165) is 17.0 Å². The maximum Gasteiger partial charge on any atom is 0.337 e. The number of anilines is 1. The minimum absolute atomic E-state index is 0.171. The number of carbonyl (C=O) groups excluding carboxylic acids is 2. The number of hydrogen-bond donors (Lipinski definition) is 1. The Bertz CT molecular complexity index is 1120. The molecule has 2 bridgehead atoms. The number of para-hydroxylation sites is 1. The van der Waals surface area contributed by atoms with E-state index in [-0.39, 0.29) is 11.1 Å². The summed E-state index contributed by atoms with van der Waals surface area (Å²) in [5, 5.41) is 3.53. The van der Waals surface area contributed by atoms with Crippen LogP contribution >= 0.6 is 0 Å². The predicted molar refractivity (Wildman–Crippen MR) is 132 cm³/mol. The normalized spacial score (nSPS) is 21.2. The molecule has 2 heterocycles. The fourth-order valence-electron chi connectivity index (χ4n) is 4.51. The molecule has 184 valence electrons. The lowest BCUT2D eigenvalue weighted by Crippen LogP contribution is -2.49. The Hall–Kier alpha value is -3.58. The van der Waals surface area contributed by atoms with Crippen molar-refractivity contribution in [1.29, 1.82) is 0 Å². The zero-order valence-electron chi connectivity index (χ0n) is 20.4. The maximum absolute atomic E-state index is 13.0. The summed E-state index contributed by atoms with van der Waals surface area (Å²) < 4.78 is 22.2. The Labute approximate surface area is 205 Å². The number of methoxy groups -OCH3 is 2. The molecule has 3 atom stereocenters. The largest absolute Gasteiger partial charge is 0.493 e. The third-order valence-corrected chi connectivity index (χ3v) is 6.16. The molecule has 2 aromatic rings. The second kappa shape index (κ2) is 10.4. The summed E-state index contributed by atoms with van der Waals surface area (Å²) in [6, 6.07) is 17.1. The molecule has 0 spiro atoms. The van der Waals surface area contributed by atoms with E-state index in [1.54, 1.807) is 6.08 Å². The molecular formula is C28H31NO6. The van der Waals surface area contributed by atoms with Crippen molar-refractivity contribution in [3.05, 3.63) is 83.5 Å². The maximum atomic E-state index is 13.0. The van der Waals surface area contributed by atoms with Gasteiger partial charge in [0, 0.05) is 5.69 Å². The van der Waals surface area contributed by atoms with Crippen molar-refractivity contribution in [1.82, 2.24) is 0 Å². The highest BCUT2D eigenvalue weighted by Gasteiger charge is 2.58. The van der Waals surface area contributed by atoms with Crippen molar-refractivity contribution in [2.24, 2.45) is 5.92 Å². The quantitative estimate of drug-likeness (QED) is 0.408. The number of esters is 2. The lowest BCUT2D eigenvalue weighted by Gasteiger charge is -2.36. The first-order valence-corrected chi connectivity index (χ1v) is 11.7. The van der Waals surface area contributed by atoms with Crippen LogP contribution in [-0.2, 0) is 30.2 Å². The summed E-state index contributed by atoms with van der Waals surface area (Å²) >= 11 is 0. The number of nitrogens with one attached hydrogen (secondary N) is 1.